The summed E-state index contributed by atoms with van der Waals surface area (Å²) in [4.78, 5) is 23.9. The second kappa shape index (κ2) is 6.19. The Kier molecular flexibility index (Phi) is 4.37. The number of hydrogen-bond donors (Lipinski definition) is 0. The highest BCUT2D eigenvalue weighted by atomic mass is 16.4. The fourth-order valence-electron chi connectivity index (χ4n) is 3.73. The second-order valence-corrected chi connectivity index (χ2v) is 8.08. The third-order valence-electron chi connectivity index (χ3n) is 5.12. The quantitative estimate of drug-likeness (QED) is 0.553. The van der Waals surface area contributed by atoms with E-state index in [-0.39, 0.29) is 16.8 Å². The van der Waals surface area contributed by atoms with Crippen molar-refractivity contribution < 1.29 is 9.21 Å². The van der Waals surface area contributed by atoms with Gasteiger partial charge in [0.2, 0.25) is 0 Å². The Balaban J connectivity index is 2.26. The van der Waals surface area contributed by atoms with Crippen LogP contribution in [-0.2, 0) is 5.41 Å². The van der Waals surface area contributed by atoms with Crippen molar-refractivity contribution in [3.63, 3.8) is 0 Å². The minimum atomic E-state index is -0.536. The van der Waals surface area contributed by atoms with Gasteiger partial charge in [0.1, 0.15) is 11.1 Å². The van der Waals surface area contributed by atoms with Crippen molar-refractivity contribution in [3.8, 4) is 0 Å². The van der Waals surface area contributed by atoms with Crippen LogP contribution in [0.3, 0.4) is 0 Å². The molecular weight excluding hydrogens is 300 g/mol. The van der Waals surface area contributed by atoms with Crippen molar-refractivity contribution in [3.05, 3.63) is 45.3 Å². The highest BCUT2D eigenvalue weighted by molar-refractivity contribution is 5.97. The van der Waals surface area contributed by atoms with Crippen molar-refractivity contribution >= 4 is 16.8 Å². The zero-order chi connectivity index (χ0) is 17.5. The molecule has 1 aromatic carbocycles. The maximum Gasteiger partial charge on any atom is 0.347 e. The summed E-state index contributed by atoms with van der Waals surface area (Å²) in [6.07, 6.45) is 6.29. The Morgan fingerprint density at radius 3 is 2.33 bits per heavy atom. The molecule has 1 fully saturated rings. The average molecular weight is 326 g/mol. The normalized spacial score (nSPS) is 16.5. The lowest BCUT2D eigenvalue weighted by Crippen LogP contribution is -2.17. The number of rotatable bonds is 2. The topological polar surface area (TPSA) is 47.3 Å². The summed E-state index contributed by atoms with van der Waals surface area (Å²) < 4.78 is 5.58. The SMILES string of the molecule is CC(=O)c1cc2cc(C3CCCCC3)cc(C(C)(C)C)c2oc1=O. The van der Waals surface area contributed by atoms with Gasteiger partial charge >= 0.3 is 5.63 Å². The molecule has 0 atom stereocenters. The summed E-state index contributed by atoms with van der Waals surface area (Å²) in [6.45, 7) is 7.80. The zero-order valence-electron chi connectivity index (χ0n) is 15.1. The van der Waals surface area contributed by atoms with Gasteiger partial charge in [0.25, 0.3) is 0 Å². The molecule has 0 bridgehead atoms. The molecule has 128 valence electrons. The largest absolute Gasteiger partial charge is 0.422 e. The lowest BCUT2D eigenvalue weighted by Gasteiger charge is -2.26. The van der Waals surface area contributed by atoms with Gasteiger partial charge in [0, 0.05) is 10.9 Å². The van der Waals surface area contributed by atoms with Crippen LogP contribution in [0.15, 0.2) is 27.4 Å². The number of hydrogen-bond acceptors (Lipinski definition) is 3. The second-order valence-electron chi connectivity index (χ2n) is 8.08. The van der Waals surface area contributed by atoms with Crippen LogP contribution >= 0.6 is 0 Å². The average Bonchev–Trinajstić information content (AvgIpc) is 2.53. The first kappa shape index (κ1) is 16.9. The van der Waals surface area contributed by atoms with E-state index < -0.39 is 5.63 Å². The van der Waals surface area contributed by atoms with Gasteiger partial charge in [-0.25, -0.2) is 4.79 Å². The van der Waals surface area contributed by atoms with Gasteiger partial charge in [-0.05, 0) is 48.8 Å². The molecule has 0 spiro atoms. The standard InChI is InChI=1S/C21H26O3/c1-13(22)17-11-16-10-15(14-8-6-5-7-9-14)12-18(21(2,3)4)19(16)24-20(17)23/h10-12,14H,5-9H2,1-4H3. The fraction of sp³-hybridized carbons (Fsp3) is 0.524. The molecule has 1 aliphatic rings. The molecule has 0 radical (unpaired) electrons. The summed E-state index contributed by atoms with van der Waals surface area (Å²) >= 11 is 0. The van der Waals surface area contributed by atoms with E-state index in [1.807, 2.05) is 0 Å². The fourth-order valence-corrected chi connectivity index (χ4v) is 3.73. The number of ketones is 1. The van der Waals surface area contributed by atoms with Gasteiger partial charge in [-0.2, -0.15) is 0 Å². The maximum atomic E-state index is 12.2. The van der Waals surface area contributed by atoms with Crippen LogP contribution in [0, 0.1) is 0 Å². The van der Waals surface area contributed by atoms with E-state index in [0.29, 0.717) is 11.5 Å². The van der Waals surface area contributed by atoms with Gasteiger partial charge in [-0.1, -0.05) is 46.1 Å². The van der Waals surface area contributed by atoms with E-state index in [1.165, 1.54) is 44.6 Å². The molecule has 1 aromatic heterocycles. The predicted octanol–water partition coefficient (Wildman–Crippen LogP) is 5.34. The summed E-state index contributed by atoms with van der Waals surface area (Å²) in [7, 11) is 0. The van der Waals surface area contributed by atoms with Gasteiger partial charge in [0.05, 0.1) is 0 Å². The summed E-state index contributed by atoms with van der Waals surface area (Å²) in [5, 5.41) is 0.868. The minimum Gasteiger partial charge on any atom is -0.422 e. The predicted molar refractivity (Wildman–Crippen MR) is 97.0 cm³/mol. The Hall–Kier alpha value is -1.90. The van der Waals surface area contributed by atoms with E-state index in [9.17, 15) is 9.59 Å². The zero-order valence-corrected chi connectivity index (χ0v) is 15.1. The van der Waals surface area contributed by atoms with Crippen LogP contribution in [0.25, 0.3) is 11.0 Å². The first-order chi connectivity index (χ1) is 11.3. The molecular formula is C21H26O3. The van der Waals surface area contributed by atoms with Crippen LogP contribution in [0.5, 0.6) is 0 Å². The Morgan fingerprint density at radius 2 is 1.75 bits per heavy atom. The van der Waals surface area contributed by atoms with E-state index in [4.69, 9.17) is 4.42 Å². The van der Waals surface area contributed by atoms with E-state index in [1.54, 1.807) is 6.07 Å². The molecule has 0 N–H and O–H groups in total. The Bertz CT molecular complexity index is 831. The molecule has 2 aromatic rings. The van der Waals surface area contributed by atoms with Crippen molar-refractivity contribution in [2.24, 2.45) is 0 Å². The number of fused-ring (bicyclic) bond motifs is 1. The van der Waals surface area contributed by atoms with Crippen molar-refractivity contribution in [1.82, 2.24) is 0 Å². The summed E-state index contributed by atoms with van der Waals surface area (Å²) in [6, 6.07) is 6.05. The van der Waals surface area contributed by atoms with E-state index in [2.05, 4.69) is 32.9 Å². The monoisotopic (exact) mass is 326 g/mol. The Labute approximate surface area is 143 Å². The highest BCUT2D eigenvalue weighted by Crippen LogP contribution is 2.38. The molecule has 3 heteroatoms. The lowest BCUT2D eigenvalue weighted by atomic mass is 9.79. The number of benzene rings is 1. The molecule has 1 aliphatic carbocycles. The smallest absolute Gasteiger partial charge is 0.347 e. The first-order valence-electron chi connectivity index (χ1n) is 8.90. The van der Waals surface area contributed by atoms with Crippen LogP contribution in [0.4, 0.5) is 0 Å². The molecule has 1 saturated carbocycles. The van der Waals surface area contributed by atoms with Gasteiger partial charge in [-0.15, -0.1) is 0 Å². The van der Waals surface area contributed by atoms with Gasteiger partial charge < -0.3 is 4.42 Å². The minimum absolute atomic E-state index is 0.128. The van der Waals surface area contributed by atoms with E-state index >= 15 is 0 Å². The number of Topliss-reactive ketones (excluding diaryl/α,β-unsaturated/α-hetero) is 1. The molecule has 0 saturated heterocycles. The highest BCUT2D eigenvalue weighted by Gasteiger charge is 2.24. The number of carbonyl (C=O) groups excluding carboxylic acids is 1. The van der Waals surface area contributed by atoms with Gasteiger partial charge in [-0.3, -0.25) is 4.79 Å². The molecule has 24 heavy (non-hydrogen) atoms. The van der Waals surface area contributed by atoms with Crippen molar-refractivity contribution in [1.29, 1.82) is 0 Å². The molecule has 0 aliphatic heterocycles. The lowest BCUT2D eigenvalue weighted by molar-refractivity contribution is 0.101. The summed E-state index contributed by atoms with van der Waals surface area (Å²) in [5.41, 5.74) is 2.46. The van der Waals surface area contributed by atoms with Crippen LogP contribution < -0.4 is 5.63 Å². The third-order valence-corrected chi connectivity index (χ3v) is 5.12. The number of carbonyl (C=O) groups is 1. The van der Waals surface area contributed by atoms with Crippen molar-refractivity contribution in [2.45, 2.75) is 71.1 Å². The molecule has 1 heterocycles. The first-order valence-corrected chi connectivity index (χ1v) is 8.90. The molecule has 0 unspecified atom stereocenters. The third kappa shape index (κ3) is 3.17. The maximum absolute atomic E-state index is 12.2. The summed E-state index contributed by atoms with van der Waals surface area (Å²) in [5.74, 6) is 0.322. The molecule has 3 rings (SSSR count). The Morgan fingerprint density at radius 1 is 1.08 bits per heavy atom. The van der Waals surface area contributed by atoms with Crippen LogP contribution in [-0.4, -0.2) is 5.78 Å². The van der Waals surface area contributed by atoms with Crippen molar-refractivity contribution in [2.75, 3.05) is 0 Å². The molecule has 0 amide bonds. The van der Waals surface area contributed by atoms with Gasteiger partial charge in [0.15, 0.2) is 5.78 Å². The molecule has 3 nitrogen and oxygen atoms in total. The van der Waals surface area contributed by atoms with E-state index in [0.717, 1.165) is 10.9 Å². The van der Waals surface area contributed by atoms with Crippen LogP contribution in [0.2, 0.25) is 0 Å². The van der Waals surface area contributed by atoms with Crippen LogP contribution in [0.1, 0.15) is 87.2 Å².